The van der Waals surface area contributed by atoms with Gasteiger partial charge in [-0.1, -0.05) is 18.9 Å². The molecule has 0 aliphatic heterocycles. The number of carbonyl (C=O) groups is 1. The summed E-state index contributed by atoms with van der Waals surface area (Å²) in [6.07, 6.45) is 5.22. The lowest BCUT2D eigenvalue weighted by Crippen LogP contribution is -2.37. The van der Waals surface area contributed by atoms with Gasteiger partial charge in [-0.05, 0) is 37.1 Å². The normalized spacial score (nSPS) is 17.8. The molecule has 1 aliphatic rings. The highest BCUT2D eigenvalue weighted by Gasteiger charge is 2.26. The van der Waals surface area contributed by atoms with E-state index in [1.165, 1.54) is 30.6 Å². The van der Waals surface area contributed by atoms with Crippen LogP contribution in [0.1, 0.15) is 43.5 Å². The predicted molar refractivity (Wildman–Crippen MR) is 75.7 cm³/mol. The SMILES string of the molecule is CCNC(=O)CNC(c1cccs1)C1CCCC1. The fourth-order valence-electron chi connectivity index (χ4n) is 2.72. The Morgan fingerprint density at radius 1 is 1.50 bits per heavy atom. The van der Waals surface area contributed by atoms with E-state index >= 15 is 0 Å². The Hall–Kier alpha value is -0.870. The molecule has 1 aromatic heterocycles. The maximum Gasteiger partial charge on any atom is 0.233 e. The summed E-state index contributed by atoms with van der Waals surface area (Å²) in [5.74, 6) is 0.787. The van der Waals surface area contributed by atoms with E-state index in [4.69, 9.17) is 0 Å². The zero-order valence-electron chi connectivity index (χ0n) is 10.9. The van der Waals surface area contributed by atoms with Gasteiger partial charge in [0.05, 0.1) is 6.54 Å². The van der Waals surface area contributed by atoms with Gasteiger partial charge in [-0.3, -0.25) is 4.79 Å². The molecule has 1 fully saturated rings. The highest BCUT2D eigenvalue weighted by Crippen LogP contribution is 2.37. The van der Waals surface area contributed by atoms with E-state index in [-0.39, 0.29) is 5.91 Å². The van der Waals surface area contributed by atoms with Crippen molar-refractivity contribution in [2.75, 3.05) is 13.1 Å². The monoisotopic (exact) mass is 266 g/mol. The van der Waals surface area contributed by atoms with E-state index in [9.17, 15) is 4.79 Å². The predicted octanol–water partition coefficient (Wildman–Crippen LogP) is 2.71. The number of amides is 1. The number of hydrogen-bond acceptors (Lipinski definition) is 3. The first kappa shape index (κ1) is 13.6. The Labute approximate surface area is 113 Å². The van der Waals surface area contributed by atoms with Crippen LogP contribution in [-0.4, -0.2) is 19.0 Å². The first-order valence-corrected chi connectivity index (χ1v) is 7.72. The molecule has 1 atom stereocenters. The Morgan fingerprint density at radius 2 is 2.28 bits per heavy atom. The summed E-state index contributed by atoms with van der Waals surface area (Å²) < 4.78 is 0. The highest BCUT2D eigenvalue weighted by molar-refractivity contribution is 7.10. The summed E-state index contributed by atoms with van der Waals surface area (Å²) in [5, 5.41) is 8.40. The minimum absolute atomic E-state index is 0.0945. The molecule has 18 heavy (non-hydrogen) atoms. The van der Waals surface area contributed by atoms with E-state index < -0.39 is 0 Å². The second-order valence-electron chi connectivity index (χ2n) is 4.87. The molecule has 1 aliphatic carbocycles. The van der Waals surface area contributed by atoms with Crippen LogP contribution >= 0.6 is 11.3 Å². The molecule has 100 valence electrons. The summed E-state index contributed by atoms with van der Waals surface area (Å²) in [7, 11) is 0. The number of rotatable bonds is 6. The molecule has 1 unspecified atom stereocenters. The molecule has 1 heterocycles. The maximum atomic E-state index is 11.6. The molecule has 3 nitrogen and oxygen atoms in total. The number of carbonyl (C=O) groups excluding carboxylic acids is 1. The second kappa shape index (κ2) is 6.90. The van der Waals surface area contributed by atoms with Crippen molar-refractivity contribution in [3.63, 3.8) is 0 Å². The average Bonchev–Trinajstić information content (AvgIpc) is 3.02. The van der Waals surface area contributed by atoms with Crippen molar-refractivity contribution in [3.8, 4) is 0 Å². The lowest BCUT2D eigenvalue weighted by Gasteiger charge is -2.23. The zero-order chi connectivity index (χ0) is 12.8. The molecular weight excluding hydrogens is 244 g/mol. The topological polar surface area (TPSA) is 41.1 Å². The Bertz CT molecular complexity index is 358. The summed E-state index contributed by atoms with van der Waals surface area (Å²) >= 11 is 1.79. The molecule has 0 aromatic carbocycles. The average molecular weight is 266 g/mol. The molecule has 1 saturated carbocycles. The molecule has 0 saturated heterocycles. The van der Waals surface area contributed by atoms with E-state index in [1.807, 2.05) is 6.92 Å². The van der Waals surface area contributed by atoms with E-state index in [1.54, 1.807) is 11.3 Å². The van der Waals surface area contributed by atoms with Crippen LogP contribution in [0.5, 0.6) is 0 Å². The molecule has 1 amide bonds. The van der Waals surface area contributed by atoms with Gasteiger partial charge < -0.3 is 10.6 Å². The summed E-state index contributed by atoms with van der Waals surface area (Å²) in [6, 6.07) is 4.63. The molecular formula is C14H22N2OS. The number of thiophene rings is 1. The van der Waals surface area contributed by atoms with Crippen molar-refractivity contribution in [1.82, 2.24) is 10.6 Å². The smallest absolute Gasteiger partial charge is 0.233 e. The lowest BCUT2D eigenvalue weighted by molar-refractivity contribution is -0.120. The van der Waals surface area contributed by atoms with Crippen molar-refractivity contribution >= 4 is 17.2 Å². The minimum Gasteiger partial charge on any atom is -0.355 e. The van der Waals surface area contributed by atoms with Crippen molar-refractivity contribution in [3.05, 3.63) is 22.4 Å². The highest BCUT2D eigenvalue weighted by atomic mass is 32.1. The summed E-state index contributed by atoms with van der Waals surface area (Å²) in [6.45, 7) is 3.08. The van der Waals surface area contributed by atoms with Crippen LogP contribution in [-0.2, 0) is 4.79 Å². The van der Waals surface area contributed by atoms with Crippen LogP contribution in [0.3, 0.4) is 0 Å². The Balaban J connectivity index is 1.94. The van der Waals surface area contributed by atoms with Gasteiger partial charge in [-0.25, -0.2) is 0 Å². The van der Waals surface area contributed by atoms with Crippen LogP contribution in [0.15, 0.2) is 17.5 Å². The van der Waals surface area contributed by atoms with Crippen LogP contribution < -0.4 is 10.6 Å². The fourth-order valence-corrected chi connectivity index (χ4v) is 3.61. The van der Waals surface area contributed by atoms with E-state index in [2.05, 4.69) is 28.1 Å². The third kappa shape index (κ3) is 3.56. The van der Waals surface area contributed by atoms with Gasteiger partial charge in [0.15, 0.2) is 0 Å². The number of nitrogens with one attached hydrogen (secondary N) is 2. The van der Waals surface area contributed by atoms with Crippen molar-refractivity contribution < 1.29 is 4.79 Å². The molecule has 0 radical (unpaired) electrons. The fraction of sp³-hybridized carbons (Fsp3) is 0.643. The largest absolute Gasteiger partial charge is 0.355 e. The van der Waals surface area contributed by atoms with Gasteiger partial charge in [0, 0.05) is 17.5 Å². The number of hydrogen-bond donors (Lipinski definition) is 2. The molecule has 1 aromatic rings. The van der Waals surface area contributed by atoms with Crippen LogP contribution in [0.25, 0.3) is 0 Å². The van der Waals surface area contributed by atoms with Crippen molar-refractivity contribution in [2.24, 2.45) is 5.92 Å². The first-order chi connectivity index (χ1) is 8.81. The van der Waals surface area contributed by atoms with Gasteiger partial charge in [0.2, 0.25) is 5.91 Å². The molecule has 2 N–H and O–H groups in total. The van der Waals surface area contributed by atoms with E-state index in [0.717, 1.165) is 0 Å². The van der Waals surface area contributed by atoms with Crippen LogP contribution in [0, 0.1) is 5.92 Å². The Morgan fingerprint density at radius 3 is 2.89 bits per heavy atom. The van der Waals surface area contributed by atoms with Gasteiger partial charge in [0.25, 0.3) is 0 Å². The van der Waals surface area contributed by atoms with Crippen LogP contribution in [0.2, 0.25) is 0 Å². The minimum atomic E-state index is 0.0945. The summed E-state index contributed by atoms with van der Waals surface area (Å²) in [5.41, 5.74) is 0. The van der Waals surface area contributed by atoms with Gasteiger partial charge >= 0.3 is 0 Å². The Kier molecular flexibility index (Phi) is 5.20. The van der Waals surface area contributed by atoms with Crippen molar-refractivity contribution in [2.45, 2.75) is 38.6 Å². The first-order valence-electron chi connectivity index (χ1n) is 6.84. The summed E-state index contributed by atoms with van der Waals surface area (Å²) in [4.78, 5) is 12.9. The lowest BCUT2D eigenvalue weighted by atomic mass is 9.96. The molecule has 0 bridgehead atoms. The maximum absolute atomic E-state index is 11.6. The van der Waals surface area contributed by atoms with Gasteiger partial charge in [-0.15, -0.1) is 11.3 Å². The van der Waals surface area contributed by atoms with E-state index in [0.29, 0.717) is 25.0 Å². The van der Waals surface area contributed by atoms with Gasteiger partial charge in [0.1, 0.15) is 0 Å². The van der Waals surface area contributed by atoms with Crippen LogP contribution in [0.4, 0.5) is 0 Å². The quantitative estimate of drug-likeness (QED) is 0.831. The molecule has 2 rings (SSSR count). The van der Waals surface area contributed by atoms with Gasteiger partial charge in [-0.2, -0.15) is 0 Å². The second-order valence-corrected chi connectivity index (χ2v) is 5.85. The standard InChI is InChI=1S/C14H22N2OS/c1-2-15-13(17)10-16-14(11-6-3-4-7-11)12-8-5-9-18-12/h5,8-9,11,14,16H,2-4,6-7,10H2,1H3,(H,15,17). The van der Waals surface area contributed by atoms with Crippen molar-refractivity contribution in [1.29, 1.82) is 0 Å². The molecule has 0 spiro atoms. The third-order valence-electron chi connectivity index (χ3n) is 3.58. The zero-order valence-corrected chi connectivity index (χ0v) is 11.8. The number of likely N-dealkylation sites (N-methyl/N-ethyl adjacent to an activating group) is 1. The molecule has 4 heteroatoms. The third-order valence-corrected chi connectivity index (χ3v) is 4.53.